The van der Waals surface area contributed by atoms with E-state index >= 15 is 0 Å². The molecule has 0 aromatic heterocycles. The molecule has 0 saturated carbocycles. The minimum Gasteiger partial charge on any atom is -0.170 e. The van der Waals surface area contributed by atoms with Crippen LogP contribution in [0, 0.1) is 0 Å². The Balaban J connectivity index is 1.79. The smallest absolute Gasteiger partial charge is 0.170 e. The molecule has 0 amide bonds. The Kier molecular flexibility index (Phi) is 5.22. The van der Waals surface area contributed by atoms with E-state index < -0.39 is 12.1 Å². The Bertz CT molecular complexity index is 775. The van der Waals surface area contributed by atoms with Gasteiger partial charge in [-0.05, 0) is 35.1 Å². The van der Waals surface area contributed by atoms with Crippen molar-refractivity contribution in [3.8, 4) is 11.1 Å². The summed E-state index contributed by atoms with van der Waals surface area (Å²) in [6.07, 6.45) is -3.79. The van der Waals surface area contributed by atoms with Crippen LogP contribution in [-0.4, -0.2) is 6.18 Å². The molecule has 0 aliphatic rings. The Labute approximate surface area is 146 Å². The molecule has 0 unspecified atom stereocenters. The molecule has 0 N–H and O–H groups in total. The topological polar surface area (TPSA) is 0 Å². The first-order valence-electron chi connectivity index (χ1n) is 8.30. The van der Waals surface area contributed by atoms with Crippen molar-refractivity contribution in [2.75, 3.05) is 0 Å². The second kappa shape index (κ2) is 7.56. The number of benzene rings is 3. The summed E-state index contributed by atoms with van der Waals surface area (Å²) in [5, 5.41) is 0. The van der Waals surface area contributed by atoms with E-state index in [1.807, 2.05) is 60.7 Å². The predicted molar refractivity (Wildman–Crippen MR) is 95.4 cm³/mol. The van der Waals surface area contributed by atoms with E-state index in [0.717, 1.165) is 16.7 Å². The number of halogens is 3. The SMILES string of the molecule is FC(F)(F)[C@H](CCc1ccccc1)c1ccc(-c2ccccc2)cc1. The summed E-state index contributed by atoms with van der Waals surface area (Å²) < 4.78 is 40.6. The van der Waals surface area contributed by atoms with Crippen LogP contribution >= 0.6 is 0 Å². The first kappa shape index (κ1) is 17.3. The van der Waals surface area contributed by atoms with E-state index in [9.17, 15) is 13.2 Å². The molecule has 0 aliphatic heterocycles. The molecule has 3 aromatic rings. The Morgan fingerprint density at radius 3 is 1.72 bits per heavy atom. The largest absolute Gasteiger partial charge is 0.395 e. The van der Waals surface area contributed by atoms with Gasteiger partial charge in [0.05, 0.1) is 5.92 Å². The van der Waals surface area contributed by atoms with Crippen molar-refractivity contribution >= 4 is 0 Å². The molecule has 25 heavy (non-hydrogen) atoms. The molecule has 0 bridgehead atoms. The van der Waals surface area contributed by atoms with Crippen molar-refractivity contribution in [3.63, 3.8) is 0 Å². The van der Waals surface area contributed by atoms with Crippen molar-refractivity contribution in [1.82, 2.24) is 0 Å². The van der Waals surface area contributed by atoms with Crippen LogP contribution in [0.15, 0.2) is 84.9 Å². The fourth-order valence-corrected chi connectivity index (χ4v) is 3.01. The zero-order valence-electron chi connectivity index (χ0n) is 13.7. The van der Waals surface area contributed by atoms with Crippen LogP contribution in [0.3, 0.4) is 0 Å². The Morgan fingerprint density at radius 1 is 0.640 bits per heavy atom. The summed E-state index contributed by atoms with van der Waals surface area (Å²) in [7, 11) is 0. The molecule has 3 aromatic carbocycles. The summed E-state index contributed by atoms with van der Waals surface area (Å²) in [6, 6.07) is 25.7. The van der Waals surface area contributed by atoms with E-state index in [1.54, 1.807) is 24.3 Å². The van der Waals surface area contributed by atoms with E-state index in [2.05, 4.69) is 0 Å². The van der Waals surface area contributed by atoms with Crippen LogP contribution in [0.4, 0.5) is 13.2 Å². The van der Waals surface area contributed by atoms with Crippen molar-refractivity contribution in [2.24, 2.45) is 0 Å². The summed E-state index contributed by atoms with van der Waals surface area (Å²) in [6.45, 7) is 0. The molecule has 128 valence electrons. The van der Waals surface area contributed by atoms with Crippen LogP contribution < -0.4 is 0 Å². The molecule has 0 nitrogen and oxygen atoms in total. The molecule has 0 saturated heterocycles. The van der Waals surface area contributed by atoms with Gasteiger partial charge in [-0.2, -0.15) is 13.2 Å². The molecule has 1 atom stereocenters. The van der Waals surface area contributed by atoms with Crippen LogP contribution in [0.5, 0.6) is 0 Å². The quantitative estimate of drug-likeness (QED) is 0.489. The van der Waals surface area contributed by atoms with Gasteiger partial charge in [-0.1, -0.05) is 84.9 Å². The summed E-state index contributed by atoms with van der Waals surface area (Å²) in [5.74, 6) is -1.45. The van der Waals surface area contributed by atoms with Gasteiger partial charge in [0.1, 0.15) is 0 Å². The number of alkyl halides is 3. The standard InChI is InChI=1S/C22H19F3/c23-22(24,25)21(16-11-17-7-3-1-4-8-17)20-14-12-19(13-15-20)18-9-5-2-6-10-18/h1-10,12-15,21H,11,16H2/t21-/m1/s1. The van der Waals surface area contributed by atoms with Crippen LogP contribution in [0.1, 0.15) is 23.5 Å². The zero-order valence-corrected chi connectivity index (χ0v) is 13.7. The summed E-state index contributed by atoms with van der Waals surface area (Å²) in [4.78, 5) is 0. The highest BCUT2D eigenvalue weighted by Gasteiger charge is 2.40. The van der Waals surface area contributed by atoms with Crippen molar-refractivity contribution in [3.05, 3.63) is 96.1 Å². The number of hydrogen-bond donors (Lipinski definition) is 0. The maximum Gasteiger partial charge on any atom is 0.395 e. The fraction of sp³-hybridized carbons (Fsp3) is 0.182. The van der Waals surface area contributed by atoms with Gasteiger partial charge in [-0.25, -0.2) is 0 Å². The maximum atomic E-state index is 13.5. The predicted octanol–water partition coefficient (Wildman–Crippen LogP) is 6.63. The normalized spacial score (nSPS) is 12.8. The molecule has 0 aliphatic carbocycles. The molecule has 0 fully saturated rings. The average molecular weight is 340 g/mol. The molecule has 3 rings (SSSR count). The highest BCUT2D eigenvalue weighted by atomic mass is 19.4. The van der Waals surface area contributed by atoms with Crippen molar-refractivity contribution in [2.45, 2.75) is 24.9 Å². The Morgan fingerprint density at radius 2 is 1.16 bits per heavy atom. The maximum absolute atomic E-state index is 13.5. The minimum absolute atomic E-state index is 0.0538. The summed E-state index contributed by atoms with van der Waals surface area (Å²) >= 11 is 0. The monoisotopic (exact) mass is 340 g/mol. The molecule has 0 radical (unpaired) electrons. The third-order valence-corrected chi connectivity index (χ3v) is 4.38. The number of aryl methyl sites for hydroxylation is 1. The van der Waals surface area contributed by atoms with E-state index in [-0.39, 0.29) is 6.42 Å². The first-order chi connectivity index (χ1) is 12.0. The lowest BCUT2D eigenvalue weighted by Gasteiger charge is -2.21. The zero-order chi connectivity index (χ0) is 17.7. The second-order valence-electron chi connectivity index (χ2n) is 6.11. The van der Waals surface area contributed by atoms with Gasteiger partial charge in [0.2, 0.25) is 0 Å². The molecular weight excluding hydrogens is 321 g/mol. The fourth-order valence-electron chi connectivity index (χ4n) is 3.01. The van der Waals surface area contributed by atoms with Gasteiger partial charge in [-0.15, -0.1) is 0 Å². The van der Waals surface area contributed by atoms with Gasteiger partial charge in [0.25, 0.3) is 0 Å². The lowest BCUT2D eigenvalue weighted by molar-refractivity contribution is -0.151. The highest BCUT2D eigenvalue weighted by molar-refractivity contribution is 5.63. The van der Waals surface area contributed by atoms with Crippen molar-refractivity contribution in [1.29, 1.82) is 0 Å². The number of rotatable bonds is 5. The lowest BCUT2D eigenvalue weighted by atomic mass is 9.90. The third-order valence-electron chi connectivity index (χ3n) is 4.38. The van der Waals surface area contributed by atoms with E-state index in [0.29, 0.717) is 12.0 Å². The third kappa shape index (κ3) is 4.50. The van der Waals surface area contributed by atoms with Crippen LogP contribution in [0.2, 0.25) is 0 Å². The van der Waals surface area contributed by atoms with E-state index in [4.69, 9.17) is 0 Å². The van der Waals surface area contributed by atoms with Gasteiger partial charge >= 0.3 is 6.18 Å². The van der Waals surface area contributed by atoms with Crippen molar-refractivity contribution < 1.29 is 13.2 Å². The number of hydrogen-bond acceptors (Lipinski definition) is 0. The average Bonchev–Trinajstić information content (AvgIpc) is 2.63. The molecule has 0 spiro atoms. The summed E-state index contributed by atoms with van der Waals surface area (Å²) in [5.41, 5.74) is 3.18. The second-order valence-corrected chi connectivity index (χ2v) is 6.11. The minimum atomic E-state index is -4.25. The molecular formula is C22H19F3. The van der Waals surface area contributed by atoms with Gasteiger partial charge in [0, 0.05) is 0 Å². The lowest BCUT2D eigenvalue weighted by Crippen LogP contribution is -2.21. The molecule has 0 heterocycles. The van der Waals surface area contributed by atoms with E-state index in [1.165, 1.54) is 0 Å². The molecule has 3 heteroatoms. The van der Waals surface area contributed by atoms with Gasteiger partial charge < -0.3 is 0 Å². The van der Waals surface area contributed by atoms with Crippen LogP contribution in [0.25, 0.3) is 11.1 Å². The first-order valence-corrected chi connectivity index (χ1v) is 8.30. The highest BCUT2D eigenvalue weighted by Crippen LogP contribution is 2.38. The van der Waals surface area contributed by atoms with Gasteiger partial charge in [-0.3, -0.25) is 0 Å². The Hall–Kier alpha value is -2.55. The van der Waals surface area contributed by atoms with Gasteiger partial charge in [0.15, 0.2) is 0 Å². The van der Waals surface area contributed by atoms with Crippen LogP contribution in [-0.2, 0) is 6.42 Å².